The summed E-state index contributed by atoms with van der Waals surface area (Å²) in [6.07, 6.45) is 0.645. The van der Waals surface area contributed by atoms with Crippen LogP contribution in [0.2, 0.25) is 5.02 Å². The summed E-state index contributed by atoms with van der Waals surface area (Å²) in [6, 6.07) is 10.9. The summed E-state index contributed by atoms with van der Waals surface area (Å²) in [7, 11) is 0. The average Bonchev–Trinajstić information content (AvgIpc) is 2.42. The minimum absolute atomic E-state index is 0.0873. The molecule has 1 N–H and O–H groups in total. The quantitative estimate of drug-likeness (QED) is 0.738. The lowest BCUT2D eigenvalue weighted by molar-refractivity contribution is 0.545. The number of halogens is 3. The second kappa shape index (κ2) is 7.39. The van der Waals surface area contributed by atoms with E-state index in [0.717, 1.165) is 22.1 Å². The van der Waals surface area contributed by atoms with Crippen LogP contribution in [0, 0.1) is 12.7 Å². The Hall–Kier alpha value is -0.900. The molecular formula is C17H18BrClFN. The molecule has 1 nitrogen and oxygen atoms in total. The molecule has 0 aliphatic heterocycles. The van der Waals surface area contributed by atoms with Gasteiger partial charge in [-0.15, -0.1) is 0 Å². The topological polar surface area (TPSA) is 12.0 Å². The fourth-order valence-electron chi connectivity index (χ4n) is 2.37. The zero-order valence-corrected chi connectivity index (χ0v) is 14.4. The van der Waals surface area contributed by atoms with Crippen molar-refractivity contribution in [1.82, 2.24) is 5.32 Å². The third-order valence-corrected chi connectivity index (χ3v) is 4.47. The minimum atomic E-state index is -0.257. The molecule has 112 valence electrons. The Kier molecular flexibility index (Phi) is 5.80. The zero-order chi connectivity index (χ0) is 15.4. The molecule has 0 aliphatic rings. The Morgan fingerprint density at radius 1 is 1.24 bits per heavy atom. The maximum absolute atomic E-state index is 13.4. The van der Waals surface area contributed by atoms with Crippen molar-refractivity contribution in [3.63, 3.8) is 0 Å². The number of likely N-dealkylation sites (N-methyl/N-ethyl adjacent to an activating group) is 1. The van der Waals surface area contributed by atoms with Gasteiger partial charge in [-0.1, -0.05) is 46.6 Å². The first-order chi connectivity index (χ1) is 10.0. The molecule has 0 fully saturated rings. The van der Waals surface area contributed by atoms with Crippen LogP contribution in [-0.2, 0) is 6.42 Å². The minimum Gasteiger partial charge on any atom is -0.310 e. The van der Waals surface area contributed by atoms with Gasteiger partial charge in [0.1, 0.15) is 5.82 Å². The fraction of sp³-hybridized carbons (Fsp3) is 0.294. The summed E-state index contributed by atoms with van der Waals surface area (Å²) in [5.41, 5.74) is 3.17. The summed E-state index contributed by atoms with van der Waals surface area (Å²) >= 11 is 9.80. The van der Waals surface area contributed by atoms with Crippen molar-refractivity contribution >= 4 is 27.5 Å². The van der Waals surface area contributed by atoms with Crippen molar-refractivity contribution in [2.24, 2.45) is 0 Å². The summed E-state index contributed by atoms with van der Waals surface area (Å²) in [6.45, 7) is 4.94. The van der Waals surface area contributed by atoms with Gasteiger partial charge >= 0.3 is 0 Å². The molecule has 0 bridgehead atoms. The van der Waals surface area contributed by atoms with Crippen molar-refractivity contribution < 1.29 is 4.39 Å². The van der Waals surface area contributed by atoms with Crippen molar-refractivity contribution in [2.75, 3.05) is 6.54 Å². The van der Waals surface area contributed by atoms with Crippen molar-refractivity contribution in [2.45, 2.75) is 26.3 Å². The molecule has 2 rings (SSSR count). The molecule has 0 aromatic heterocycles. The zero-order valence-electron chi connectivity index (χ0n) is 12.1. The van der Waals surface area contributed by atoms with Crippen LogP contribution in [0.5, 0.6) is 0 Å². The van der Waals surface area contributed by atoms with Gasteiger partial charge in [0.05, 0.1) is 0 Å². The number of nitrogens with one attached hydrogen (secondary N) is 1. The van der Waals surface area contributed by atoms with E-state index < -0.39 is 0 Å². The van der Waals surface area contributed by atoms with Crippen LogP contribution < -0.4 is 5.32 Å². The largest absolute Gasteiger partial charge is 0.310 e. The van der Waals surface area contributed by atoms with Gasteiger partial charge in [-0.05, 0) is 60.8 Å². The molecule has 0 amide bonds. The summed E-state index contributed by atoms with van der Waals surface area (Å²) in [5, 5.41) is 4.04. The predicted octanol–water partition coefficient (Wildman–Crippen LogP) is 5.44. The first-order valence-corrected chi connectivity index (χ1v) is 8.11. The van der Waals surface area contributed by atoms with Crippen LogP contribution in [0.1, 0.15) is 29.7 Å². The van der Waals surface area contributed by atoms with Gasteiger partial charge in [0.2, 0.25) is 0 Å². The van der Waals surface area contributed by atoms with E-state index in [4.69, 9.17) is 11.6 Å². The molecule has 0 heterocycles. The maximum atomic E-state index is 13.4. The lowest BCUT2D eigenvalue weighted by Crippen LogP contribution is -2.23. The standard InChI is InChI=1S/C17H18BrClFN/c1-3-21-17(14-6-4-11(2)8-15(14)18)10-12-9-13(20)5-7-16(12)19/h4-9,17,21H,3,10H2,1-2H3. The third-order valence-electron chi connectivity index (χ3n) is 3.41. The van der Waals surface area contributed by atoms with Crippen molar-refractivity contribution in [3.8, 4) is 0 Å². The number of hydrogen-bond acceptors (Lipinski definition) is 1. The lowest BCUT2D eigenvalue weighted by atomic mass is 9.98. The molecule has 2 aromatic rings. The average molecular weight is 371 g/mol. The van der Waals surface area contributed by atoms with Gasteiger partial charge in [0.25, 0.3) is 0 Å². The molecule has 2 aromatic carbocycles. The highest BCUT2D eigenvalue weighted by Gasteiger charge is 2.16. The van der Waals surface area contributed by atoms with Gasteiger partial charge < -0.3 is 5.32 Å². The molecule has 0 saturated heterocycles. The second-order valence-electron chi connectivity index (χ2n) is 5.08. The van der Waals surface area contributed by atoms with E-state index in [1.54, 1.807) is 6.07 Å². The van der Waals surface area contributed by atoms with Crippen LogP contribution in [0.25, 0.3) is 0 Å². The Morgan fingerprint density at radius 3 is 2.67 bits per heavy atom. The van der Waals surface area contributed by atoms with Crippen LogP contribution in [0.4, 0.5) is 4.39 Å². The van der Waals surface area contributed by atoms with Gasteiger partial charge in [-0.2, -0.15) is 0 Å². The highest BCUT2D eigenvalue weighted by molar-refractivity contribution is 9.10. The van der Waals surface area contributed by atoms with E-state index in [0.29, 0.717) is 11.4 Å². The molecule has 4 heteroatoms. The third kappa shape index (κ3) is 4.29. The molecule has 1 unspecified atom stereocenters. The van der Waals surface area contributed by atoms with E-state index in [1.807, 2.05) is 0 Å². The number of aryl methyl sites for hydroxylation is 1. The van der Waals surface area contributed by atoms with Crippen molar-refractivity contribution in [1.29, 1.82) is 0 Å². The Morgan fingerprint density at radius 2 is 2.00 bits per heavy atom. The SMILES string of the molecule is CCNC(Cc1cc(F)ccc1Cl)c1ccc(C)cc1Br. The van der Waals surface area contributed by atoms with E-state index in [1.165, 1.54) is 17.7 Å². The monoisotopic (exact) mass is 369 g/mol. The predicted molar refractivity (Wildman–Crippen MR) is 90.4 cm³/mol. The van der Waals surface area contributed by atoms with E-state index in [-0.39, 0.29) is 11.9 Å². The number of hydrogen-bond donors (Lipinski definition) is 1. The van der Waals surface area contributed by atoms with Crippen LogP contribution in [-0.4, -0.2) is 6.54 Å². The first-order valence-electron chi connectivity index (χ1n) is 6.94. The second-order valence-corrected chi connectivity index (χ2v) is 6.34. The Bertz CT molecular complexity index is 630. The molecular weight excluding hydrogens is 353 g/mol. The molecule has 0 aliphatic carbocycles. The van der Waals surface area contributed by atoms with Gasteiger partial charge in [0.15, 0.2) is 0 Å². The number of rotatable bonds is 5. The molecule has 1 atom stereocenters. The highest BCUT2D eigenvalue weighted by Crippen LogP contribution is 2.29. The molecule has 21 heavy (non-hydrogen) atoms. The summed E-state index contributed by atoms with van der Waals surface area (Å²) in [5.74, 6) is -0.257. The molecule has 0 saturated carbocycles. The van der Waals surface area contributed by atoms with Crippen LogP contribution in [0.15, 0.2) is 40.9 Å². The van der Waals surface area contributed by atoms with E-state index in [9.17, 15) is 4.39 Å². The van der Waals surface area contributed by atoms with Crippen LogP contribution in [0.3, 0.4) is 0 Å². The number of benzene rings is 2. The highest BCUT2D eigenvalue weighted by atomic mass is 79.9. The lowest BCUT2D eigenvalue weighted by Gasteiger charge is -2.21. The van der Waals surface area contributed by atoms with Gasteiger partial charge in [-0.25, -0.2) is 4.39 Å². The smallest absolute Gasteiger partial charge is 0.123 e. The fourth-order valence-corrected chi connectivity index (χ4v) is 3.34. The van der Waals surface area contributed by atoms with Gasteiger partial charge in [0, 0.05) is 15.5 Å². The Balaban J connectivity index is 2.32. The summed E-state index contributed by atoms with van der Waals surface area (Å²) < 4.78 is 14.5. The first kappa shape index (κ1) is 16.5. The molecule has 0 radical (unpaired) electrons. The van der Waals surface area contributed by atoms with E-state index in [2.05, 4.69) is 53.3 Å². The van der Waals surface area contributed by atoms with Gasteiger partial charge in [-0.3, -0.25) is 0 Å². The summed E-state index contributed by atoms with van der Waals surface area (Å²) in [4.78, 5) is 0. The maximum Gasteiger partial charge on any atom is 0.123 e. The normalized spacial score (nSPS) is 12.4. The van der Waals surface area contributed by atoms with Crippen molar-refractivity contribution in [3.05, 3.63) is 68.4 Å². The van der Waals surface area contributed by atoms with Crippen LogP contribution >= 0.6 is 27.5 Å². The van der Waals surface area contributed by atoms with E-state index >= 15 is 0 Å². The molecule has 0 spiro atoms. The Labute approximate surface area is 138 Å².